The number of hydrogen-bond acceptors (Lipinski definition) is 6. The second-order valence-corrected chi connectivity index (χ2v) is 7.95. The predicted octanol–water partition coefficient (Wildman–Crippen LogP) is 2.89. The average Bonchev–Trinajstić information content (AvgIpc) is 3.01. The number of aromatic nitrogens is 2. The molecule has 2 fully saturated rings. The molecule has 1 spiro atoms. The minimum absolute atomic E-state index is 0.0870. The molecule has 2 aromatic rings. The Morgan fingerprint density at radius 1 is 1.09 bits per heavy atom. The number of imide groups is 1. The average molecular weight is 439 g/mol. The van der Waals surface area contributed by atoms with E-state index in [9.17, 15) is 23.2 Å². The molecule has 10 heteroatoms. The van der Waals surface area contributed by atoms with Gasteiger partial charge in [0.15, 0.2) is 5.78 Å². The smallest absolute Gasteiger partial charge is 0.323 e. The number of nitriles is 1. The molecule has 32 heavy (non-hydrogen) atoms. The van der Waals surface area contributed by atoms with E-state index >= 15 is 0 Å². The van der Waals surface area contributed by atoms with Crippen molar-refractivity contribution in [2.24, 2.45) is 0 Å². The molecule has 1 aromatic carbocycles. The summed E-state index contributed by atoms with van der Waals surface area (Å²) >= 11 is 0. The number of nitrogens with zero attached hydrogens (tertiary/aromatic N) is 4. The lowest BCUT2D eigenvalue weighted by Gasteiger charge is -2.34. The first kappa shape index (κ1) is 21.5. The number of ketones is 1. The molecule has 0 unspecified atom stereocenters. The number of alkyl halides is 2. The van der Waals surface area contributed by atoms with Crippen LogP contribution in [-0.4, -0.2) is 50.6 Å². The molecule has 0 bridgehead atoms. The second kappa shape index (κ2) is 8.07. The fourth-order valence-electron chi connectivity index (χ4n) is 4.06. The number of halogens is 2. The number of urea groups is 1. The molecule has 1 aliphatic carbocycles. The van der Waals surface area contributed by atoms with Gasteiger partial charge in [0.05, 0.1) is 30.4 Å². The van der Waals surface area contributed by atoms with Gasteiger partial charge in [0.25, 0.3) is 5.91 Å². The van der Waals surface area contributed by atoms with Crippen LogP contribution in [0.1, 0.15) is 41.7 Å². The van der Waals surface area contributed by atoms with Gasteiger partial charge in [0.2, 0.25) is 5.92 Å². The zero-order valence-electron chi connectivity index (χ0n) is 17.0. The van der Waals surface area contributed by atoms with E-state index < -0.39 is 48.6 Å². The number of benzene rings is 1. The summed E-state index contributed by atoms with van der Waals surface area (Å²) < 4.78 is 27.0. The lowest BCUT2D eigenvalue weighted by molar-refractivity contribution is -0.135. The summed E-state index contributed by atoms with van der Waals surface area (Å²) in [7, 11) is 0. The van der Waals surface area contributed by atoms with Gasteiger partial charge in [-0.25, -0.2) is 13.6 Å². The van der Waals surface area contributed by atoms with E-state index in [1.54, 1.807) is 12.1 Å². The highest BCUT2D eigenvalue weighted by atomic mass is 19.3. The Morgan fingerprint density at radius 3 is 2.41 bits per heavy atom. The Hall–Kier alpha value is -3.74. The van der Waals surface area contributed by atoms with Crippen LogP contribution in [-0.2, 0) is 11.2 Å². The maximum absolute atomic E-state index is 13.5. The van der Waals surface area contributed by atoms with Crippen LogP contribution in [0.4, 0.5) is 13.6 Å². The summed E-state index contributed by atoms with van der Waals surface area (Å²) in [6, 6.07) is 7.66. The molecule has 0 atom stereocenters. The molecule has 1 N–H and O–H groups in total. The van der Waals surface area contributed by atoms with Crippen LogP contribution in [0.15, 0.2) is 36.7 Å². The first-order valence-electron chi connectivity index (χ1n) is 10.1. The monoisotopic (exact) mass is 439 g/mol. The number of amides is 3. The van der Waals surface area contributed by atoms with E-state index in [2.05, 4.69) is 15.3 Å². The van der Waals surface area contributed by atoms with Gasteiger partial charge in [-0.15, -0.1) is 0 Å². The van der Waals surface area contributed by atoms with Crippen molar-refractivity contribution in [3.8, 4) is 17.3 Å². The van der Waals surface area contributed by atoms with E-state index in [4.69, 9.17) is 5.26 Å². The second-order valence-electron chi connectivity index (χ2n) is 7.95. The van der Waals surface area contributed by atoms with Crippen LogP contribution in [0.5, 0.6) is 0 Å². The van der Waals surface area contributed by atoms with Crippen molar-refractivity contribution in [1.82, 2.24) is 20.2 Å². The van der Waals surface area contributed by atoms with E-state index in [-0.39, 0.29) is 24.8 Å². The Morgan fingerprint density at radius 2 is 1.75 bits per heavy atom. The molecule has 1 saturated carbocycles. The van der Waals surface area contributed by atoms with E-state index in [0.717, 1.165) is 4.90 Å². The Balaban J connectivity index is 1.47. The molecule has 1 aromatic heterocycles. The summed E-state index contributed by atoms with van der Waals surface area (Å²) in [5.74, 6) is -3.95. The van der Waals surface area contributed by atoms with Crippen molar-refractivity contribution in [3.63, 3.8) is 0 Å². The fraction of sp³-hybridized carbons (Fsp3) is 0.364. The highest BCUT2D eigenvalue weighted by molar-refractivity contribution is 6.11. The third-order valence-electron chi connectivity index (χ3n) is 5.88. The zero-order chi connectivity index (χ0) is 22.9. The van der Waals surface area contributed by atoms with Gasteiger partial charge in [-0.1, -0.05) is 24.3 Å². The fourth-order valence-corrected chi connectivity index (χ4v) is 4.06. The van der Waals surface area contributed by atoms with Crippen molar-refractivity contribution in [1.29, 1.82) is 5.26 Å². The highest BCUT2D eigenvalue weighted by Gasteiger charge is 2.55. The lowest BCUT2D eigenvalue weighted by Crippen LogP contribution is -2.51. The lowest BCUT2D eigenvalue weighted by atomic mass is 9.80. The van der Waals surface area contributed by atoms with Gasteiger partial charge in [0.1, 0.15) is 5.54 Å². The largest absolute Gasteiger partial charge is 0.325 e. The van der Waals surface area contributed by atoms with E-state index in [0.29, 0.717) is 17.0 Å². The Bertz CT molecular complexity index is 1120. The third kappa shape index (κ3) is 3.93. The summed E-state index contributed by atoms with van der Waals surface area (Å²) in [5.41, 5.74) is 0.620. The first-order valence-corrected chi connectivity index (χ1v) is 10.1. The summed E-state index contributed by atoms with van der Waals surface area (Å²) in [6.07, 6.45) is 1.79. The molecule has 164 valence electrons. The predicted molar refractivity (Wildman–Crippen MR) is 108 cm³/mol. The van der Waals surface area contributed by atoms with Gasteiger partial charge in [0, 0.05) is 36.4 Å². The van der Waals surface area contributed by atoms with Gasteiger partial charge < -0.3 is 5.32 Å². The molecule has 1 saturated heterocycles. The maximum atomic E-state index is 13.5. The number of carbonyl (C=O) groups is 3. The minimum Gasteiger partial charge on any atom is -0.323 e. The molecule has 2 heterocycles. The molecular weight excluding hydrogens is 420 g/mol. The third-order valence-corrected chi connectivity index (χ3v) is 5.88. The van der Waals surface area contributed by atoms with Crippen LogP contribution >= 0.6 is 0 Å². The van der Waals surface area contributed by atoms with Gasteiger partial charge in [-0.2, -0.15) is 5.26 Å². The molecule has 3 amide bonds. The number of hydrogen-bond donors (Lipinski definition) is 1. The number of nitrogens with one attached hydrogen (secondary N) is 1. The van der Waals surface area contributed by atoms with Crippen molar-refractivity contribution < 1.29 is 23.2 Å². The summed E-state index contributed by atoms with van der Waals surface area (Å²) in [5, 5.41) is 11.5. The molecule has 0 radical (unpaired) electrons. The van der Waals surface area contributed by atoms with Crippen LogP contribution < -0.4 is 5.32 Å². The van der Waals surface area contributed by atoms with Crippen LogP contribution in [0.3, 0.4) is 0 Å². The molecule has 8 nitrogen and oxygen atoms in total. The molecule has 2 aliphatic rings. The van der Waals surface area contributed by atoms with Crippen molar-refractivity contribution in [2.75, 3.05) is 6.54 Å². The van der Waals surface area contributed by atoms with Gasteiger partial charge in [-0.05, 0) is 12.8 Å². The Labute approximate surface area is 182 Å². The number of Topliss-reactive ketones (excluding diaryl/α,β-unsaturated/α-hetero) is 1. The van der Waals surface area contributed by atoms with Crippen molar-refractivity contribution in [2.45, 2.75) is 43.6 Å². The SMILES string of the molecule is N#CCc1nccnc1-c1ccc(C(=O)CN2C(=O)NC3(CCC(F)(F)CC3)C2=O)cc1. The summed E-state index contributed by atoms with van der Waals surface area (Å²) in [6.45, 7) is -0.479. The number of rotatable bonds is 5. The van der Waals surface area contributed by atoms with Gasteiger partial charge in [-0.3, -0.25) is 24.5 Å². The van der Waals surface area contributed by atoms with E-state index in [1.807, 2.05) is 6.07 Å². The van der Waals surface area contributed by atoms with E-state index in [1.165, 1.54) is 24.5 Å². The first-order chi connectivity index (χ1) is 15.2. The maximum Gasteiger partial charge on any atom is 0.325 e. The quantitative estimate of drug-likeness (QED) is 0.566. The molecule has 1 aliphatic heterocycles. The molecular formula is C22H19F2N5O3. The normalized spacial score (nSPS) is 19.0. The standard InChI is InChI=1S/C22H19F2N5O3/c23-22(24)8-6-21(7-9-22)19(31)29(20(32)28-21)13-17(30)14-1-3-15(4-2-14)18-16(5-10-25)26-11-12-27-18/h1-4,11-12H,5-9,13H2,(H,28,32). The minimum atomic E-state index is -2.85. The Kier molecular flexibility index (Phi) is 5.42. The highest BCUT2D eigenvalue weighted by Crippen LogP contribution is 2.41. The van der Waals surface area contributed by atoms with Crippen molar-refractivity contribution in [3.05, 3.63) is 47.9 Å². The van der Waals surface area contributed by atoms with Crippen molar-refractivity contribution >= 4 is 17.7 Å². The zero-order valence-corrected chi connectivity index (χ0v) is 17.0. The molecule has 4 rings (SSSR count). The topological polar surface area (TPSA) is 116 Å². The van der Waals surface area contributed by atoms with Gasteiger partial charge >= 0.3 is 6.03 Å². The van der Waals surface area contributed by atoms with Crippen LogP contribution in [0.2, 0.25) is 0 Å². The van der Waals surface area contributed by atoms with Crippen LogP contribution in [0, 0.1) is 11.3 Å². The number of carbonyl (C=O) groups excluding carboxylic acids is 3. The summed E-state index contributed by atoms with van der Waals surface area (Å²) in [4.78, 5) is 47.1. The van der Waals surface area contributed by atoms with Crippen LogP contribution in [0.25, 0.3) is 11.3 Å².